The van der Waals surface area contributed by atoms with Crippen LogP contribution in [0.1, 0.15) is 12.5 Å². The molecule has 0 aliphatic rings. The number of oxazole rings is 1. The van der Waals surface area contributed by atoms with Gasteiger partial charge >= 0.3 is 5.97 Å². The largest absolute Gasteiger partial charge is 0.452 e. The molecule has 2 aromatic carbocycles. The molecule has 0 bridgehead atoms. The molecule has 8 heteroatoms. The van der Waals surface area contributed by atoms with E-state index in [1.165, 1.54) is 6.92 Å². The second-order valence-electron chi connectivity index (χ2n) is 5.68. The first-order chi connectivity index (χ1) is 13.0. The highest BCUT2D eigenvalue weighted by molar-refractivity contribution is 7.99. The van der Waals surface area contributed by atoms with E-state index in [1.807, 2.05) is 36.4 Å². The maximum absolute atomic E-state index is 12.1. The van der Waals surface area contributed by atoms with Crippen LogP contribution in [0, 0.1) is 0 Å². The lowest BCUT2D eigenvalue weighted by atomic mass is 10.2. The number of carbonyl (C=O) groups excluding carboxylic acids is 2. The number of carbonyl (C=O) groups is 2. The van der Waals surface area contributed by atoms with Crippen molar-refractivity contribution >= 4 is 46.3 Å². The summed E-state index contributed by atoms with van der Waals surface area (Å²) < 4.78 is 10.7. The number of halogens is 1. The van der Waals surface area contributed by atoms with Crippen LogP contribution in [-0.2, 0) is 20.9 Å². The summed E-state index contributed by atoms with van der Waals surface area (Å²) in [5.74, 6) is -0.924. The monoisotopic (exact) mass is 404 g/mol. The molecule has 0 aliphatic heterocycles. The molecule has 0 unspecified atom stereocenters. The second kappa shape index (κ2) is 8.92. The van der Waals surface area contributed by atoms with E-state index >= 15 is 0 Å². The summed E-state index contributed by atoms with van der Waals surface area (Å²) in [6.07, 6.45) is -0.913. The summed E-state index contributed by atoms with van der Waals surface area (Å²) >= 11 is 7.16. The third-order valence-corrected chi connectivity index (χ3v) is 4.85. The summed E-state index contributed by atoms with van der Waals surface area (Å²) in [6.45, 7) is 1.78. The Morgan fingerprint density at radius 3 is 2.74 bits per heavy atom. The number of aromatic nitrogens is 1. The number of benzene rings is 2. The molecule has 0 saturated carbocycles. The number of nitrogens with one attached hydrogen (secondary N) is 1. The predicted octanol–water partition coefficient (Wildman–Crippen LogP) is 3.82. The van der Waals surface area contributed by atoms with E-state index in [2.05, 4.69) is 10.3 Å². The van der Waals surface area contributed by atoms with Crippen molar-refractivity contribution in [2.24, 2.45) is 0 Å². The Balaban J connectivity index is 1.45. The first-order valence-corrected chi connectivity index (χ1v) is 9.58. The van der Waals surface area contributed by atoms with Gasteiger partial charge in [-0.3, -0.25) is 9.59 Å². The van der Waals surface area contributed by atoms with E-state index in [0.717, 1.165) is 22.8 Å². The number of ether oxygens (including phenoxy) is 1. The van der Waals surface area contributed by atoms with Gasteiger partial charge in [-0.2, -0.15) is 0 Å². The van der Waals surface area contributed by atoms with Gasteiger partial charge in [0.05, 0.1) is 0 Å². The highest BCUT2D eigenvalue weighted by Gasteiger charge is 2.18. The van der Waals surface area contributed by atoms with Gasteiger partial charge in [0, 0.05) is 11.6 Å². The topological polar surface area (TPSA) is 81.4 Å². The van der Waals surface area contributed by atoms with E-state index in [9.17, 15) is 9.59 Å². The average Bonchev–Trinajstić information content (AvgIpc) is 3.08. The van der Waals surface area contributed by atoms with Crippen molar-refractivity contribution in [2.45, 2.75) is 24.8 Å². The molecule has 0 spiro atoms. The minimum Gasteiger partial charge on any atom is -0.452 e. The Labute approximate surface area is 165 Å². The fraction of sp³-hybridized carbons (Fsp3) is 0.211. The minimum atomic E-state index is -0.913. The molecule has 1 N–H and O–H groups in total. The number of para-hydroxylation sites is 2. The molecule has 1 heterocycles. The fourth-order valence-electron chi connectivity index (χ4n) is 2.29. The average molecular weight is 405 g/mol. The molecule has 6 nitrogen and oxygen atoms in total. The van der Waals surface area contributed by atoms with Gasteiger partial charge in [-0.15, -0.1) is 0 Å². The van der Waals surface area contributed by atoms with Crippen molar-refractivity contribution in [3.63, 3.8) is 0 Å². The van der Waals surface area contributed by atoms with E-state index < -0.39 is 18.0 Å². The smallest absolute Gasteiger partial charge is 0.317 e. The summed E-state index contributed by atoms with van der Waals surface area (Å²) in [5.41, 5.74) is 2.17. The van der Waals surface area contributed by atoms with Gasteiger partial charge in [-0.1, -0.05) is 53.7 Å². The van der Waals surface area contributed by atoms with Crippen LogP contribution >= 0.6 is 23.4 Å². The molecule has 1 aromatic heterocycles. The van der Waals surface area contributed by atoms with Gasteiger partial charge in [0.2, 0.25) is 0 Å². The van der Waals surface area contributed by atoms with Gasteiger partial charge in [0.1, 0.15) is 11.3 Å². The molecule has 0 radical (unpaired) electrons. The summed E-state index contributed by atoms with van der Waals surface area (Å²) in [6, 6.07) is 14.5. The highest BCUT2D eigenvalue weighted by atomic mass is 35.5. The number of hydrogen-bond acceptors (Lipinski definition) is 6. The van der Waals surface area contributed by atoms with Crippen LogP contribution in [0.5, 0.6) is 0 Å². The van der Waals surface area contributed by atoms with Crippen LogP contribution in [0.4, 0.5) is 0 Å². The number of fused-ring (bicyclic) bond motifs is 1. The normalized spacial score (nSPS) is 11.9. The lowest BCUT2D eigenvalue weighted by molar-refractivity contribution is -0.152. The molecular formula is C19H17ClN2O4S. The van der Waals surface area contributed by atoms with Crippen molar-refractivity contribution < 1.29 is 18.7 Å². The van der Waals surface area contributed by atoms with Crippen LogP contribution in [0.2, 0.25) is 5.02 Å². The Morgan fingerprint density at radius 2 is 1.96 bits per heavy atom. The molecule has 1 atom stereocenters. The van der Waals surface area contributed by atoms with E-state index in [4.69, 9.17) is 20.8 Å². The number of esters is 1. The van der Waals surface area contributed by atoms with Crippen LogP contribution in [0.25, 0.3) is 11.1 Å². The van der Waals surface area contributed by atoms with Crippen molar-refractivity contribution in [1.29, 1.82) is 0 Å². The molecule has 27 heavy (non-hydrogen) atoms. The van der Waals surface area contributed by atoms with Crippen LogP contribution in [0.15, 0.2) is 58.2 Å². The molecule has 0 aliphatic carbocycles. The lowest BCUT2D eigenvalue weighted by Gasteiger charge is -2.13. The standard InChI is InChI=1S/C19H17ClN2O4S/c1-12(18(24)21-10-13-6-2-3-7-14(13)20)25-17(23)11-27-19-22-15-8-4-5-9-16(15)26-19/h2-9,12H,10-11H2,1H3,(H,21,24)/t12-/m0/s1. The number of nitrogens with zero attached hydrogens (tertiary/aromatic N) is 1. The van der Waals surface area contributed by atoms with Crippen molar-refractivity contribution in [3.05, 3.63) is 59.1 Å². The zero-order valence-electron chi connectivity index (χ0n) is 14.5. The molecule has 1 amide bonds. The quantitative estimate of drug-likeness (QED) is 0.476. The second-order valence-corrected chi connectivity index (χ2v) is 7.01. The van der Waals surface area contributed by atoms with Gasteiger partial charge in [-0.25, -0.2) is 4.98 Å². The molecular weight excluding hydrogens is 388 g/mol. The molecule has 3 rings (SSSR count). The minimum absolute atomic E-state index is 0.00500. The summed E-state index contributed by atoms with van der Waals surface area (Å²) in [4.78, 5) is 28.3. The van der Waals surface area contributed by atoms with Gasteiger partial charge < -0.3 is 14.5 Å². The Hall–Kier alpha value is -2.51. The van der Waals surface area contributed by atoms with Gasteiger partial charge in [0.15, 0.2) is 11.7 Å². The molecule has 0 fully saturated rings. The maximum Gasteiger partial charge on any atom is 0.317 e. The first-order valence-electron chi connectivity index (χ1n) is 8.22. The van der Waals surface area contributed by atoms with E-state index in [-0.39, 0.29) is 12.3 Å². The molecule has 140 valence electrons. The summed E-state index contributed by atoms with van der Waals surface area (Å²) in [7, 11) is 0. The fourth-order valence-corrected chi connectivity index (χ4v) is 3.11. The molecule has 3 aromatic rings. The third kappa shape index (κ3) is 5.24. The Kier molecular flexibility index (Phi) is 6.36. The van der Waals surface area contributed by atoms with Crippen molar-refractivity contribution in [3.8, 4) is 0 Å². The van der Waals surface area contributed by atoms with Gasteiger partial charge in [0.25, 0.3) is 11.1 Å². The first kappa shape index (κ1) is 19.3. The van der Waals surface area contributed by atoms with Crippen molar-refractivity contribution in [1.82, 2.24) is 10.3 Å². The van der Waals surface area contributed by atoms with Gasteiger partial charge in [-0.05, 0) is 30.7 Å². The van der Waals surface area contributed by atoms with E-state index in [1.54, 1.807) is 12.1 Å². The van der Waals surface area contributed by atoms with Crippen molar-refractivity contribution in [2.75, 3.05) is 5.75 Å². The third-order valence-electron chi connectivity index (χ3n) is 3.68. The number of thioether (sulfide) groups is 1. The van der Waals surface area contributed by atoms with E-state index in [0.29, 0.717) is 15.8 Å². The maximum atomic E-state index is 12.1. The number of amides is 1. The highest BCUT2D eigenvalue weighted by Crippen LogP contribution is 2.23. The van der Waals surface area contributed by atoms with Crippen LogP contribution in [-0.4, -0.2) is 28.7 Å². The predicted molar refractivity (Wildman–Crippen MR) is 104 cm³/mol. The Morgan fingerprint density at radius 1 is 1.22 bits per heavy atom. The van der Waals surface area contributed by atoms with Crippen LogP contribution in [0.3, 0.4) is 0 Å². The van der Waals surface area contributed by atoms with Crippen LogP contribution < -0.4 is 5.32 Å². The Bertz CT molecular complexity index is 927. The SMILES string of the molecule is C[C@H](OC(=O)CSc1nc2ccccc2o1)C(=O)NCc1ccccc1Cl. The number of hydrogen-bond donors (Lipinski definition) is 1. The summed E-state index contributed by atoms with van der Waals surface area (Å²) in [5, 5.41) is 3.64. The zero-order chi connectivity index (χ0) is 19.2. The molecule has 0 saturated heterocycles. The zero-order valence-corrected chi connectivity index (χ0v) is 16.0. The lowest BCUT2D eigenvalue weighted by Crippen LogP contribution is -2.35. The number of rotatable bonds is 7.